The van der Waals surface area contributed by atoms with Crippen LogP contribution in [-0.4, -0.2) is 38.8 Å². The summed E-state index contributed by atoms with van der Waals surface area (Å²) in [6.45, 7) is 6.13. The number of carbonyl (C=O) groups is 1. The second kappa shape index (κ2) is 8.01. The van der Waals surface area contributed by atoms with Gasteiger partial charge in [0.05, 0.1) is 12.6 Å². The Morgan fingerprint density at radius 2 is 2.17 bits per heavy atom. The summed E-state index contributed by atoms with van der Waals surface area (Å²) >= 11 is 0. The fraction of sp³-hybridized carbons (Fsp3) is 0.529. The number of nitrogens with one attached hydrogen (secondary N) is 1. The molecule has 2 aromatic heterocycles. The lowest BCUT2D eigenvalue weighted by atomic mass is 9.88. The second-order valence-electron chi connectivity index (χ2n) is 6.94. The Kier molecular flexibility index (Phi) is 6.03. The second-order valence-corrected chi connectivity index (χ2v) is 6.94. The quantitative estimate of drug-likeness (QED) is 0.804. The van der Waals surface area contributed by atoms with E-state index in [1.54, 1.807) is 12.3 Å². The molecule has 0 aliphatic heterocycles. The topological polar surface area (TPSA) is 101 Å². The maximum absolute atomic E-state index is 12.0. The van der Waals surface area contributed by atoms with Crippen LogP contribution in [0.15, 0.2) is 28.9 Å². The molecular weight excluding hydrogens is 308 g/mol. The summed E-state index contributed by atoms with van der Waals surface area (Å²) in [7, 11) is 0. The molecule has 0 aliphatic rings. The summed E-state index contributed by atoms with van der Waals surface area (Å²) in [5.74, 6) is 0.657. The van der Waals surface area contributed by atoms with Gasteiger partial charge >= 0.3 is 0 Å². The summed E-state index contributed by atoms with van der Waals surface area (Å²) in [5.41, 5.74) is 0.660. The molecule has 7 nitrogen and oxygen atoms in total. The largest absolute Gasteiger partial charge is 0.394 e. The molecule has 2 aromatic rings. The van der Waals surface area contributed by atoms with Gasteiger partial charge in [0.25, 0.3) is 0 Å². The standard InChI is InChI=1S/C17H24N4O3/c1-17(2,3)10-12(11-22)19-14(23)7-8-15-20-16(21-24-15)13-6-4-5-9-18-13/h4-6,9,12,22H,7-8,10-11H2,1-3H3,(H,19,23). The van der Waals surface area contributed by atoms with Gasteiger partial charge in [-0.2, -0.15) is 4.98 Å². The van der Waals surface area contributed by atoms with Crippen molar-refractivity contribution in [3.63, 3.8) is 0 Å². The Hall–Kier alpha value is -2.28. The van der Waals surface area contributed by atoms with Crippen molar-refractivity contribution >= 4 is 5.91 Å². The molecule has 0 aromatic carbocycles. The molecule has 0 bridgehead atoms. The molecule has 24 heavy (non-hydrogen) atoms. The molecule has 0 fully saturated rings. The van der Waals surface area contributed by atoms with Crippen LogP contribution in [0.1, 0.15) is 39.5 Å². The van der Waals surface area contributed by atoms with Gasteiger partial charge in [0.15, 0.2) is 0 Å². The van der Waals surface area contributed by atoms with Gasteiger partial charge in [-0.1, -0.05) is 32.0 Å². The van der Waals surface area contributed by atoms with Crippen molar-refractivity contribution in [2.24, 2.45) is 5.41 Å². The lowest BCUT2D eigenvalue weighted by molar-refractivity contribution is -0.122. The Morgan fingerprint density at radius 3 is 2.79 bits per heavy atom. The number of aliphatic hydroxyl groups is 1. The molecule has 0 saturated heterocycles. The zero-order chi connectivity index (χ0) is 17.6. The Labute approximate surface area is 141 Å². The molecule has 1 unspecified atom stereocenters. The van der Waals surface area contributed by atoms with Crippen LogP contribution in [0.4, 0.5) is 0 Å². The van der Waals surface area contributed by atoms with Gasteiger partial charge in [-0.15, -0.1) is 0 Å². The van der Waals surface area contributed by atoms with Gasteiger partial charge in [-0.05, 0) is 24.0 Å². The molecule has 1 amide bonds. The first-order chi connectivity index (χ1) is 11.4. The van der Waals surface area contributed by atoms with Gasteiger partial charge in [0.1, 0.15) is 5.69 Å². The molecule has 0 aliphatic carbocycles. The molecule has 130 valence electrons. The number of hydrogen-bond acceptors (Lipinski definition) is 6. The van der Waals surface area contributed by atoms with Crippen molar-refractivity contribution < 1.29 is 14.4 Å². The fourth-order valence-corrected chi connectivity index (χ4v) is 2.38. The number of rotatable bonds is 7. The lowest BCUT2D eigenvalue weighted by Crippen LogP contribution is -2.40. The minimum absolute atomic E-state index is 0.0325. The Bertz CT molecular complexity index is 649. The van der Waals surface area contributed by atoms with Gasteiger partial charge in [-0.3, -0.25) is 9.78 Å². The highest BCUT2D eigenvalue weighted by atomic mass is 16.5. The highest BCUT2D eigenvalue weighted by molar-refractivity contribution is 5.76. The van der Waals surface area contributed by atoms with Crippen molar-refractivity contribution in [3.05, 3.63) is 30.3 Å². The van der Waals surface area contributed by atoms with Crippen LogP contribution in [0.3, 0.4) is 0 Å². The van der Waals surface area contributed by atoms with Crippen molar-refractivity contribution in [1.29, 1.82) is 0 Å². The molecule has 2 heterocycles. The van der Waals surface area contributed by atoms with Gasteiger partial charge < -0.3 is 14.9 Å². The molecule has 0 spiro atoms. The van der Waals surface area contributed by atoms with Crippen LogP contribution in [-0.2, 0) is 11.2 Å². The Balaban J connectivity index is 1.85. The van der Waals surface area contributed by atoms with E-state index < -0.39 is 0 Å². The van der Waals surface area contributed by atoms with Crippen LogP contribution >= 0.6 is 0 Å². The predicted molar refractivity (Wildman–Crippen MR) is 88.9 cm³/mol. The maximum atomic E-state index is 12.0. The van der Waals surface area contributed by atoms with E-state index in [0.717, 1.165) is 0 Å². The van der Waals surface area contributed by atoms with E-state index in [9.17, 15) is 9.90 Å². The van der Waals surface area contributed by atoms with Crippen LogP contribution in [0.2, 0.25) is 0 Å². The number of aromatic nitrogens is 3. The first kappa shape index (κ1) is 18.1. The van der Waals surface area contributed by atoms with Crippen molar-refractivity contribution in [2.45, 2.75) is 46.1 Å². The van der Waals surface area contributed by atoms with E-state index in [4.69, 9.17) is 4.52 Å². The summed E-state index contributed by atoms with van der Waals surface area (Å²) in [4.78, 5) is 20.4. The highest BCUT2D eigenvalue weighted by Gasteiger charge is 2.20. The average molecular weight is 332 g/mol. The van der Waals surface area contributed by atoms with Crippen LogP contribution in [0.25, 0.3) is 11.5 Å². The van der Waals surface area contributed by atoms with Gasteiger partial charge in [-0.25, -0.2) is 0 Å². The van der Waals surface area contributed by atoms with Crippen molar-refractivity contribution in [2.75, 3.05) is 6.61 Å². The predicted octanol–water partition coefficient (Wildman–Crippen LogP) is 1.98. The number of aryl methyl sites for hydroxylation is 1. The first-order valence-corrected chi connectivity index (χ1v) is 8.01. The summed E-state index contributed by atoms with van der Waals surface area (Å²) in [5, 5.41) is 16.1. The third-order valence-electron chi connectivity index (χ3n) is 3.37. The van der Waals surface area contributed by atoms with Crippen molar-refractivity contribution in [3.8, 4) is 11.5 Å². The summed E-state index contributed by atoms with van der Waals surface area (Å²) in [6.07, 6.45) is 2.94. The number of carbonyl (C=O) groups excluding carboxylic acids is 1. The third kappa shape index (κ3) is 5.73. The van der Waals surface area contributed by atoms with E-state index in [-0.39, 0.29) is 30.4 Å². The molecule has 0 saturated carbocycles. The van der Waals surface area contributed by atoms with Gasteiger partial charge in [0, 0.05) is 19.0 Å². The number of hydrogen-bond donors (Lipinski definition) is 2. The van der Waals surface area contributed by atoms with Crippen LogP contribution in [0, 0.1) is 5.41 Å². The molecular formula is C17H24N4O3. The van der Waals surface area contributed by atoms with E-state index in [1.807, 2.05) is 12.1 Å². The SMILES string of the molecule is CC(C)(C)CC(CO)NC(=O)CCc1nc(-c2ccccn2)no1. The maximum Gasteiger partial charge on any atom is 0.227 e. The van der Waals surface area contributed by atoms with Crippen molar-refractivity contribution in [1.82, 2.24) is 20.4 Å². The van der Waals surface area contributed by atoms with Gasteiger partial charge in [0.2, 0.25) is 17.6 Å². The molecule has 7 heteroatoms. The van der Waals surface area contributed by atoms with Crippen LogP contribution < -0.4 is 5.32 Å². The van der Waals surface area contributed by atoms with E-state index >= 15 is 0 Å². The van der Waals surface area contributed by atoms with E-state index in [2.05, 4.69) is 41.2 Å². The number of aliphatic hydroxyl groups excluding tert-OH is 1. The Morgan fingerprint density at radius 1 is 1.38 bits per heavy atom. The molecule has 2 rings (SSSR count). The number of pyridine rings is 1. The zero-order valence-electron chi connectivity index (χ0n) is 14.3. The molecule has 0 radical (unpaired) electrons. The smallest absolute Gasteiger partial charge is 0.227 e. The minimum atomic E-state index is -0.246. The van der Waals surface area contributed by atoms with E-state index in [1.165, 1.54) is 0 Å². The van der Waals surface area contributed by atoms with Crippen LogP contribution in [0.5, 0.6) is 0 Å². The number of amides is 1. The molecule has 1 atom stereocenters. The zero-order valence-corrected chi connectivity index (χ0v) is 14.3. The number of nitrogens with zero attached hydrogens (tertiary/aromatic N) is 3. The lowest BCUT2D eigenvalue weighted by Gasteiger charge is -2.25. The average Bonchev–Trinajstić information content (AvgIpc) is 3.01. The highest BCUT2D eigenvalue weighted by Crippen LogP contribution is 2.20. The monoisotopic (exact) mass is 332 g/mol. The normalized spacial score (nSPS) is 12.8. The summed E-state index contributed by atoms with van der Waals surface area (Å²) in [6, 6.07) is 5.20. The summed E-state index contributed by atoms with van der Waals surface area (Å²) < 4.78 is 5.15. The third-order valence-corrected chi connectivity index (χ3v) is 3.37. The molecule has 2 N–H and O–H groups in total. The fourth-order valence-electron chi connectivity index (χ4n) is 2.38. The first-order valence-electron chi connectivity index (χ1n) is 8.01. The van der Waals surface area contributed by atoms with E-state index in [0.29, 0.717) is 30.3 Å². The minimum Gasteiger partial charge on any atom is -0.394 e.